The molecule has 8 heteroatoms. The lowest BCUT2D eigenvalue weighted by Crippen LogP contribution is -3.61. The van der Waals surface area contributed by atoms with Crippen molar-refractivity contribution in [2.24, 2.45) is 0 Å². The van der Waals surface area contributed by atoms with Crippen LogP contribution in [0.15, 0.2) is 48.5 Å². The molecule has 0 aromatic heterocycles. The molecule has 0 fully saturated rings. The van der Waals surface area contributed by atoms with Crippen LogP contribution < -0.4 is 21.2 Å². The molecule has 0 unspecified atom stereocenters. The molecule has 0 aliphatic heterocycles. The Morgan fingerprint density at radius 2 is 1.04 bits per heavy atom. The van der Waals surface area contributed by atoms with E-state index in [0.29, 0.717) is 11.8 Å². The lowest BCUT2D eigenvalue weighted by atomic mass is 10.0. The topological polar surface area (TPSA) is 57.2 Å². The second-order valence-electron chi connectivity index (χ2n) is 6.41. The first kappa shape index (κ1) is 23.9. The van der Waals surface area contributed by atoms with Crippen molar-refractivity contribution in [2.75, 3.05) is 0 Å². The van der Waals surface area contributed by atoms with Crippen LogP contribution in [0.1, 0.15) is 50.7 Å². The number of halogens is 4. The van der Waals surface area contributed by atoms with E-state index in [4.69, 9.17) is 13.0 Å². The van der Waals surface area contributed by atoms with Crippen LogP contribution in [0.4, 0.5) is 13.2 Å². The molecule has 2 aromatic rings. The smallest absolute Gasteiger partial charge is 0.485 e. The Hall–Kier alpha value is -1.13. The van der Waals surface area contributed by atoms with Crippen LogP contribution in [0.3, 0.4) is 0 Å². The van der Waals surface area contributed by atoms with E-state index in [0.717, 1.165) is 0 Å². The van der Waals surface area contributed by atoms with Gasteiger partial charge in [-0.25, -0.2) is 8.42 Å². The van der Waals surface area contributed by atoms with Crippen LogP contribution in [0, 0.1) is 7.14 Å². The van der Waals surface area contributed by atoms with E-state index >= 15 is 0 Å². The van der Waals surface area contributed by atoms with Crippen molar-refractivity contribution < 1.29 is 47.3 Å². The first-order valence-corrected chi connectivity index (χ1v) is 11.7. The second kappa shape index (κ2) is 9.88. The zero-order valence-electron chi connectivity index (χ0n) is 15.4. The van der Waals surface area contributed by atoms with Crippen molar-refractivity contribution in [3.05, 3.63) is 66.8 Å². The zero-order valence-corrected chi connectivity index (χ0v) is 18.4. The number of hydrogen-bond acceptors (Lipinski definition) is 3. The van der Waals surface area contributed by atoms with Crippen LogP contribution in [-0.4, -0.2) is 18.5 Å². The van der Waals surface area contributed by atoms with Gasteiger partial charge in [-0.3, -0.25) is 0 Å². The largest absolute Gasteiger partial charge is 0.741 e. The van der Waals surface area contributed by atoms with Crippen molar-refractivity contribution in [3.63, 3.8) is 0 Å². The van der Waals surface area contributed by atoms with Gasteiger partial charge in [-0.05, 0) is 47.2 Å². The van der Waals surface area contributed by atoms with E-state index < -0.39 is 15.6 Å². The van der Waals surface area contributed by atoms with E-state index in [1.165, 1.54) is 18.3 Å². The van der Waals surface area contributed by atoms with Gasteiger partial charge in [0.25, 0.3) is 0 Å². The number of benzene rings is 2. The van der Waals surface area contributed by atoms with E-state index in [9.17, 15) is 13.2 Å². The molecule has 0 atom stereocenters. The van der Waals surface area contributed by atoms with Crippen molar-refractivity contribution in [3.8, 4) is 0 Å². The summed E-state index contributed by atoms with van der Waals surface area (Å²) in [5.41, 5.74) is -2.78. The summed E-state index contributed by atoms with van der Waals surface area (Å²) in [6.45, 7) is 8.98. The fourth-order valence-corrected chi connectivity index (χ4v) is 4.10. The monoisotopic (exact) mass is 514 g/mol. The molecular weight excluding hydrogens is 492 g/mol. The summed E-state index contributed by atoms with van der Waals surface area (Å²) in [5, 5.41) is 0. The highest BCUT2D eigenvalue weighted by Gasteiger charge is 2.36. The minimum absolute atomic E-state index is 0.0366. The molecule has 0 N–H and O–H groups in total. The van der Waals surface area contributed by atoms with Crippen LogP contribution in [0.5, 0.6) is 0 Å². The third kappa shape index (κ3) is 8.18. The van der Waals surface area contributed by atoms with Crippen molar-refractivity contribution in [2.45, 2.75) is 45.0 Å². The first-order valence-electron chi connectivity index (χ1n) is 8.18. The van der Waals surface area contributed by atoms with Gasteiger partial charge in [0.2, 0.25) is 0 Å². The third-order valence-electron chi connectivity index (χ3n) is 3.58. The van der Waals surface area contributed by atoms with Crippen LogP contribution in [0.2, 0.25) is 0 Å². The average Bonchev–Trinajstić information content (AvgIpc) is 2.54. The van der Waals surface area contributed by atoms with Gasteiger partial charge in [-0.2, -0.15) is 13.2 Å². The second-order valence-corrected chi connectivity index (χ2v) is 10.8. The molecule has 3 nitrogen and oxygen atoms in total. The number of alkyl halides is 3. The summed E-state index contributed by atoms with van der Waals surface area (Å²) in [6.07, 6.45) is 0. The maximum atomic E-state index is 10.7. The Morgan fingerprint density at radius 1 is 0.778 bits per heavy atom. The summed E-state index contributed by atoms with van der Waals surface area (Å²) >= 11 is -0.0366. The van der Waals surface area contributed by atoms with Gasteiger partial charge in [0.1, 0.15) is 0 Å². The van der Waals surface area contributed by atoms with Gasteiger partial charge >= 0.3 is 26.7 Å². The zero-order chi connectivity index (χ0) is 20.8. The van der Waals surface area contributed by atoms with Gasteiger partial charge in [-0.1, -0.05) is 52.0 Å². The van der Waals surface area contributed by atoms with Gasteiger partial charge in [0.05, 0.1) is 0 Å². The Balaban J connectivity index is 0.000000387. The SMILES string of the molecule is CC(C)c1ccc([I+]c2ccc(C(C)C)cc2)cc1.O=S(=O)([O-])C(F)(F)F. The summed E-state index contributed by atoms with van der Waals surface area (Å²) in [6, 6.07) is 18.3. The molecule has 0 saturated carbocycles. The highest BCUT2D eigenvalue weighted by molar-refractivity contribution is 7.86. The third-order valence-corrected chi connectivity index (χ3v) is 6.83. The Bertz CT molecular complexity index is 763. The summed E-state index contributed by atoms with van der Waals surface area (Å²) < 4.78 is 61.9. The fourth-order valence-electron chi connectivity index (χ4n) is 1.95. The lowest BCUT2D eigenvalue weighted by Gasteiger charge is -2.08. The molecule has 0 saturated heterocycles. The minimum atomic E-state index is -6.09. The maximum Gasteiger partial charge on any atom is 0.485 e. The molecule has 0 radical (unpaired) electrons. The molecule has 0 spiro atoms. The molecule has 2 rings (SSSR count). The van der Waals surface area contributed by atoms with Crippen molar-refractivity contribution >= 4 is 10.1 Å². The van der Waals surface area contributed by atoms with Crippen LogP contribution >= 0.6 is 0 Å². The van der Waals surface area contributed by atoms with Crippen LogP contribution in [-0.2, 0) is 10.1 Å². The Labute approximate surface area is 169 Å². The number of rotatable bonds is 4. The molecule has 0 aliphatic carbocycles. The van der Waals surface area contributed by atoms with E-state index in [1.54, 1.807) is 0 Å². The average molecular weight is 514 g/mol. The molecule has 150 valence electrons. The molecule has 27 heavy (non-hydrogen) atoms. The standard InChI is InChI=1S/C18H22I.CHF3O3S/c1-13(2)15-5-9-17(10-6-15)19-18-11-7-16(8-12-18)14(3)4;2-1(3,4)8(5,6)7/h5-14H,1-4H3;(H,5,6,7)/q+1;/p-1. The van der Waals surface area contributed by atoms with Crippen molar-refractivity contribution in [1.82, 2.24) is 0 Å². The molecule has 0 amide bonds. The highest BCUT2D eigenvalue weighted by atomic mass is 127. The predicted octanol–water partition coefficient (Wildman–Crippen LogP) is 2.11. The van der Waals surface area contributed by atoms with Gasteiger partial charge < -0.3 is 4.55 Å². The molecule has 2 aromatic carbocycles. The predicted molar refractivity (Wildman–Crippen MR) is 94.2 cm³/mol. The Kier molecular flexibility index (Phi) is 8.75. The minimum Gasteiger partial charge on any atom is -0.741 e. The van der Waals surface area contributed by atoms with E-state index in [-0.39, 0.29) is 21.2 Å². The summed E-state index contributed by atoms with van der Waals surface area (Å²) in [5.74, 6) is 1.25. The molecule has 0 bridgehead atoms. The highest BCUT2D eigenvalue weighted by Crippen LogP contribution is 2.20. The van der Waals surface area contributed by atoms with E-state index in [2.05, 4.69) is 76.2 Å². The van der Waals surface area contributed by atoms with Crippen molar-refractivity contribution in [1.29, 1.82) is 0 Å². The first-order chi connectivity index (χ1) is 12.3. The molecular formula is C19H22F3IO3S. The summed E-state index contributed by atoms with van der Waals surface area (Å²) in [4.78, 5) is 0. The fraction of sp³-hybridized carbons (Fsp3) is 0.368. The van der Waals surface area contributed by atoms with Gasteiger partial charge in [0.15, 0.2) is 17.3 Å². The quantitative estimate of drug-likeness (QED) is 0.357. The molecule has 0 heterocycles. The van der Waals surface area contributed by atoms with E-state index in [1.807, 2.05) is 0 Å². The molecule has 0 aliphatic rings. The normalized spacial score (nSPS) is 12.1. The Morgan fingerprint density at radius 3 is 1.22 bits per heavy atom. The summed E-state index contributed by atoms with van der Waals surface area (Å²) in [7, 11) is -6.09. The number of hydrogen-bond donors (Lipinski definition) is 0. The van der Waals surface area contributed by atoms with Crippen LogP contribution in [0.25, 0.3) is 0 Å². The maximum absolute atomic E-state index is 10.7. The van der Waals surface area contributed by atoms with Gasteiger partial charge in [0, 0.05) is 0 Å². The van der Waals surface area contributed by atoms with Gasteiger partial charge in [-0.15, -0.1) is 0 Å². The lowest BCUT2D eigenvalue weighted by molar-refractivity contribution is -0.597.